The predicted molar refractivity (Wildman–Crippen MR) is 94.0 cm³/mol. The van der Waals surface area contributed by atoms with Crippen LogP contribution in [0.1, 0.15) is 25.5 Å². The molecule has 0 heterocycles. The van der Waals surface area contributed by atoms with Gasteiger partial charge in [0, 0.05) is 18.7 Å². The van der Waals surface area contributed by atoms with E-state index in [9.17, 15) is 9.59 Å². The molecule has 0 aliphatic rings. The lowest BCUT2D eigenvalue weighted by atomic mass is 10.1. The number of nitrogens with zero attached hydrogens (tertiary/aromatic N) is 1. The van der Waals surface area contributed by atoms with E-state index >= 15 is 0 Å². The van der Waals surface area contributed by atoms with Crippen LogP contribution in [0.15, 0.2) is 54.6 Å². The Morgan fingerprint density at radius 3 is 2.46 bits per heavy atom. The molecule has 0 aromatic heterocycles. The molecule has 0 spiro atoms. The molecule has 0 fully saturated rings. The van der Waals surface area contributed by atoms with Crippen molar-refractivity contribution in [3.05, 3.63) is 60.2 Å². The number of benzene rings is 2. The number of methoxy groups -OCH3 is 1. The molecule has 2 aromatic rings. The van der Waals surface area contributed by atoms with Gasteiger partial charge in [-0.05, 0) is 24.6 Å². The first kappa shape index (κ1) is 17.5. The highest BCUT2D eigenvalue weighted by atomic mass is 16.5. The van der Waals surface area contributed by atoms with E-state index in [1.165, 1.54) is 11.8 Å². The molecule has 1 N–H and O–H groups in total. The molecule has 0 saturated carbocycles. The van der Waals surface area contributed by atoms with E-state index in [1.807, 2.05) is 37.3 Å². The van der Waals surface area contributed by atoms with Gasteiger partial charge in [-0.25, -0.2) is 0 Å². The Morgan fingerprint density at radius 2 is 1.83 bits per heavy atom. The van der Waals surface area contributed by atoms with Crippen molar-refractivity contribution in [3.63, 3.8) is 0 Å². The minimum Gasteiger partial charge on any atom is -0.497 e. The number of carbonyl (C=O) groups excluding carboxylic acids is 2. The van der Waals surface area contributed by atoms with E-state index in [1.54, 1.807) is 31.4 Å². The molecule has 5 heteroatoms. The number of hydrogen-bond donors (Lipinski definition) is 1. The summed E-state index contributed by atoms with van der Waals surface area (Å²) in [5.41, 5.74) is 1.64. The zero-order chi connectivity index (χ0) is 17.5. The summed E-state index contributed by atoms with van der Waals surface area (Å²) in [6.07, 6.45) is 0. The molecule has 2 amide bonds. The Labute approximate surface area is 142 Å². The van der Waals surface area contributed by atoms with E-state index in [0.717, 1.165) is 5.56 Å². The molecule has 24 heavy (non-hydrogen) atoms. The second-order valence-electron chi connectivity index (χ2n) is 5.51. The van der Waals surface area contributed by atoms with Gasteiger partial charge in [0.25, 0.3) is 0 Å². The van der Waals surface area contributed by atoms with Crippen molar-refractivity contribution < 1.29 is 14.3 Å². The van der Waals surface area contributed by atoms with Crippen molar-refractivity contribution in [2.24, 2.45) is 0 Å². The maximum absolute atomic E-state index is 12.3. The Kier molecular flexibility index (Phi) is 5.95. The first-order valence-electron chi connectivity index (χ1n) is 7.77. The van der Waals surface area contributed by atoms with Crippen molar-refractivity contribution in [2.45, 2.75) is 19.9 Å². The van der Waals surface area contributed by atoms with Crippen LogP contribution in [-0.4, -0.2) is 25.5 Å². The Hall–Kier alpha value is -2.82. The van der Waals surface area contributed by atoms with E-state index in [0.29, 0.717) is 11.4 Å². The number of carbonyl (C=O) groups is 2. The van der Waals surface area contributed by atoms with Crippen molar-refractivity contribution in [2.75, 3.05) is 18.6 Å². The monoisotopic (exact) mass is 326 g/mol. The van der Waals surface area contributed by atoms with Crippen LogP contribution in [0.3, 0.4) is 0 Å². The lowest BCUT2D eigenvalue weighted by molar-refractivity contribution is -0.123. The molecular formula is C19H22N2O3. The van der Waals surface area contributed by atoms with E-state index in [2.05, 4.69) is 5.32 Å². The second-order valence-corrected chi connectivity index (χ2v) is 5.51. The number of nitrogens with one attached hydrogen (secondary N) is 1. The SMILES string of the molecule is COc1cccc(N(CC(=O)NC(C)c2ccccc2)C(C)=O)c1. The first-order valence-corrected chi connectivity index (χ1v) is 7.77. The van der Waals surface area contributed by atoms with Gasteiger partial charge in [-0.2, -0.15) is 0 Å². The molecule has 0 radical (unpaired) electrons. The minimum atomic E-state index is -0.218. The number of anilines is 1. The molecule has 0 bridgehead atoms. The molecule has 2 aromatic carbocycles. The summed E-state index contributed by atoms with van der Waals surface area (Å²) in [6, 6.07) is 16.6. The second kappa shape index (κ2) is 8.15. The van der Waals surface area contributed by atoms with Crippen molar-refractivity contribution >= 4 is 17.5 Å². The van der Waals surface area contributed by atoms with E-state index < -0.39 is 0 Å². The zero-order valence-electron chi connectivity index (χ0n) is 14.2. The lowest BCUT2D eigenvalue weighted by Crippen LogP contribution is -2.40. The van der Waals surface area contributed by atoms with Gasteiger partial charge in [0.15, 0.2) is 0 Å². The molecule has 1 unspecified atom stereocenters. The molecule has 0 saturated heterocycles. The third kappa shape index (κ3) is 4.59. The smallest absolute Gasteiger partial charge is 0.240 e. The number of amides is 2. The highest BCUT2D eigenvalue weighted by molar-refractivity contribution is 5.97. The number of hydrogen-bond acceptors (Lipinski definition) is 3. The highest BCUT2D eigenvalue weighted by Gasteiger charge is 2.18. The molecule has 2 rings (SSSR count). The fourth-order valence-corrected chi connectivity index (χ4v) is 2.42. The molecule has 126 valence electrons. The van der Waals surface area contributed by atoms with E-state index in [4.69, 9.17) is 4.74 Å². The zero-order valence-corrected chi connectivity index (χ0v) is 14.2. The fraction of sp³-hybridized carbons (Fsp3) is 0.263. The van der Waals surface area contributed by atoms with Crippen LogP contribution in [-0.2, 0) is 9.59 Å². The van der Waals surface area contributed by atoms with Gasteiger partial charge in [-0.3, -0.25) is 9.59 Å². The fourth-order valence-electron chi connectivity index (χ4n) is 2.42. The predicted octanol–water partition coefficient (Wildman–Crippen LogP) is 2.93. The standard InChI is InChI=1S/C19H22N2O3/c1-14(16-8-5-4-6-9-16)20-19(23)13-21(15(2)22)17-10-7-11-18(12-17)24-3/h4-12,14H,13H2,1-3H3,(H,20,23). The van der Waals surface area contributed by atoms with Crippen LogP contribution < -0.4 is 15.0 Å². The van der Waals surface area contributed by atoms with E-state index in [-0.39, 0.29) is 24.4 Å². The summed E-state index contributed by atoms with van der Waals surface area (Å²) in [4.78, 5) is 25.7. The molecule has 1 atom stereocenters. The van der Waals surface area contributed by atoms with Crippen LogP contribution in [0.5, 0.6) is 5.75 Å². The van der Waals surface area contributed by atoms with Gasteiger partial charge in [-0.1, -0.05) is 36.4 Å². The van der Waals surface area contributed by atoms with Gasteiger partial charge in [0.1, 0.15) is 12.3 Å². The number of rotatable bonds is 6. The first-order chi connectivity index (χ1) is 11.5. The third-order valence-electron chi connectivity index (χ3n) is 3.72. The summed E-state index contributed by atoms with van der Waals surface area (Å²) >= 11 is 0. The van der Waals surface area contributed by atoms with Crippen molar-refractivity contribution in [1.82, 2.24) is 5.32 Å². The normalized spacial score (nSPS) is 11.5. The quantitative estimate of drug-likeness (QED) is 0.888. The van der Waals surface area contributed by atoms with Crippen LogP contribution in [0.4, 0.5) is 5.69 Å². The molecule has 5 nitrogen and oxygen atoms in total. The summed E-state index contributed by atoms with van der Waals surface area (Å²) in [5, 5.41) is 2.92. The van der Waals surface area contributed by atoms with Gasteiger partial charge in [0.05, 0.1) is 13.2 Å². The largest absolute Gasteiger partial charge is 0.497 e. The highest BCUT2D eigenvalue weighted by Crippen LogP contribution is 2.21. The molecular weight excluding hydrogens is 304 g/mol. The Bertz CT molecular complexity index is 701. The topological polar surface area (TPSA) is 58.6 Å². The summed E-state index contributed by atoms with van der Waals surface area (Å²) in [5.74, 6) is 0.215. The van der Waals surface area contributed by atoms with Crippen molar-refractivity contribution in [3.8, 4) is 5.75 Å². The van der Waals surface area contributed by atoms with Crippen LogP contribution in [0.25, 0.3) is 0 Å². The van der Waals surface area contributed by atoms with Gasteiger partial charge < -0.3 is 15.0 Å². The number of ether oxygens (including phenoxy) is 1. The maximum atomic E-state index is 12.3. The van der Waals surface area contributed by atoms with Gasteiger partial charge in [-0.15, -0.1) is 0 Å². The third-order valence-corrected chi connectivity index (χ3v) is 3.72. The van der Waals surface area contributed by atoms with Crippen LogP contribution >= 0.6 is 0 Å². The van der Waals surface area contributed by atoms with Crippen LogP contribution in [0, 0.1) is 0 Å². The molecule has 0 aliphatic carbocycles. The summed E-state index contributed by atoms with van der Waals surface area (Å²) in [6.45, 7) is 3.31. The lowest BCUT2D eigenvalue weighted by Gasteiger charge is -2.22. The Balaban J connectivity index is 2.07. The average molecular weight is 326 g/mol. The van der Waals surface area contributed by atoms with Gasteiger partial charge in [0.2, 0.25) is 11.8 Å². The van der Waals surface area contributed by atoms with Crippen LogP contribution in [0.2, 0.25) is 0 Å². The molecule has 0 aliphatic heterocycles. The average Bonchev–Trinajstić information content (AvgIpc) is 2.60. The van der Waals surface area contributed by atoms with Crippen molar-refractivity contribution in [1.29, 1.82) is 0 Å². The summed E-state index contributed by atoms with van der Waals surface area (Å²) < 4.78 is 5.17. The van der Waals surface area contributed by atoms with Gasteiger partial charge >= 0.3 is 0 Å². The maximum Gasteiger partial charge on any atom is 0.240 e. The summed E-state index contributed by atoms with van der Waals surface area (Å²) in [7, 11) is 1.56. The minimum absolute atomic E-state index is 0.0420. The Morgan fingerprint density at radius 1 is 1.12 bits per heavy atom.